The number of hydrogen-bond acceptors (Lipinski definition) is 1. The lowest BCUT2D eigenvalue weighted by molar-refractivity contribution is 0.407. The van der Waals surface area contributed by atoms with Crippen molar-refractivity contribution >= 4 is 27.5 Å². The summed E-state index contributed by atoms with van der Waals surface area (Å²) in [4.78, 5) is 0. The molecule has 1 nitrogen and oxygen atoms in total. The maximum atomic E-state index is 13.7. The summed E-state index contributed by atoms with van der Waals surface area (Å²) in [5, 5.41) is 0.661. The van der Waals surface area contributed by atoms with Crippen molar-refractivity contribution in [1.29, 1.82) is 0 Å². The first-order chi connectivity index (χ1) is 8.61. The van der Waals surface area contributed by atoms with Crippen LogP contribution in [0, 0.1) is 11.6 Å². The Morgan fingerprint density at radius 1 is 1.11 bits per heavy atom. The molecule has 0 saturated heterocycles. The zero-order valence-corrected chi connectivity index (χ0v) is 11.4. The van der Waals surface area contributed by atoms with Crippen LogP contribution < -0.4 is 4.74 Å². The predicted molar refractivity (Wildman–Crippen MR) is 70.5 cm³/mol. The largest absolute Gasteiger partial charge is 0.450 e. The SMILES string of the molecule is Fc1cc(CBr)cc(F)c1Oc1ccccc1Cl. The molecule has 2 rings (SSSR count). The van der Waals surface area contributed by atoms with Gasteiger partial charge in [-0.25, -0.2) is 8.78 Å². The Morgan fingerprint density at radius 2 is 1.72 bits per heavy atom. The van der Waals surface area contributed by atoms with Gasteiger partial charge >= 0.3 is 0 Å². The fourth-order valence-electron chi connectivity index (χ4n) is 1.42. The Bertz CT molecular complexity index is 552. The first kappa shape index (κ1) is 13.3. The van der Waals surface area contributed by atoms with E-state index in [9.17, 15) is 8.78 Å². The molecule has 0 aliphatic rings. The molecule has 0 N–H and O–H groups in total. The molecular formula is C13H8BrClF2O. The number of rotatable bonds is 3. The Labute approximate surface area is 116 Å². The first-order valence-corrected chi connectivity index (χ1v) is 6.58. The van der Waals surface area contributed by atoms with Crippen LogP contribution in [-0.2, 0) is 5.33 Å². The molecule has 0 unspecified atom stereocenters. The van der Waals surface area contributed by atoms with Crippen LogP contribution in [0.15, 0.2) is 36.4 Å². The summed E-state index contributed by atoms with van der Waals surface area (Å²) in [6.07, 6.45) is 0. The molecular weight excluding hydrogens is 325 g/mol. The molecule has 2 aromatic rings. The van der Waals surface area contributed by atoms with E-state index in [1.54, 1.807) is 24.3 Å². The van der Waals surface area contributed by atoms with Crippen molar-refractivity contribution in [2.45, 2.75) is 5.33 Å². The summed E-state index contributed by atoms with van der Waals surface area (Å²) in [6.45, 7) is 0. The van der Waals surface area contributed by atoms with Gasteiger partial charge < -0.3 is 4.74 Å². The third kappa shape index (κ3) is 2.82. The Kier molecular flexibility index (Phi) is 4.19. The second-order valence-electron chi connectivity index (χ2n) is 3.55. The fraction of sp³-hybridized carbons (Fsp3) is 0.0769. The highest BCUT2D eigenvalue weighted by atomic mass is 79.9. The van der Waals surface area contributed by atoms with Crippen molar-refractivity contribution in [3.63, 3.8) is 0 Å². The van der Waals surface area contributed by atoms with Gasteiger partial charge in [-0.05, 0) is 29.8 Å². The average Bonchev–Trinajstić information content (AvgIpc) is 2.35. The van der Waals surface area contributed by atoms with Crippen molar-refractivity contribution in [2.24, 2.45) is 0 Å². The summed E-state index contributed by atoms with van der Waals surface area (Å²) < 4.78 is 32.5. The summed E-state index contributed by atoms with van der Waals surface area (Å²) >= 11 is 8.99. The molecule has 0 aromatic heterocycles. The van der Waals surface area contributed by atoms with Crippen molar-refractivity contribution < 1.29 is 13.5 Å². The van der Waals surface area contributed by atoms with Crippen molar-refractivity contribution in [1.82, 2.24) is 0 Å². The van der Waals surface area contributed by atoms with E-state index < -0.39 is 17.4 Å². The standard InChI is InChI=1S/C13H8BrClF2O/c14-7-8-5-10(16)13(11(17)6-8)18-12-4-2-1-3-9(12)15/h1-6H,7H2. The van der Waals surface area contributed by atoms with Gasteiger partial charge in [0.25, 0.3) is 0 Å². The zero-order valence-electron chi connectivity index (χ0n) is 9.09. The molecule has 0 atom stereocenters. The molecule has 5 heteroatoms. The van der Waals surface area contributed by atoms with Crippen LogP contribution >= 0.6 is 27.5 Å². The van der Waals surface area contributed by atoms with Gasteiger partial charge in [-0.1, -0.05) is 39.7 Å². The van der Waals surface area contributed by atoms with Crippen molar-refractivity contribution in [3.8, 4) is 11.5 Å². The van der Waals surface area contributed by atoms with E-state index in [1.165, 1.54) is 12.1 Å². The zero-order chi connectivity index (χ0) is 13.1. The Hall–Kier alpha value is -1.13. The van der Waals surface area contributed by atoms with E-state index in [0.29, 0.717) is 15.9 Å². The summed E-state index contributed by atoms with van der Waals surface area (Å²) in [6, 6.07) is 8.92. The van der Waals surface area contributed by atoms with Gasteiger partial charge in [-0.15, -0.1) is 0 Å². The molecule has 0 spiro atoms. The molecule has 18 heavy (non-hydrogen) atoms. The molecule has 2 aromatic carbocycles. The lowest BCUT2D eigenvalue weighted by Crippen LogP contribution is -1.95. The summed E-state index contributed by atoms with van der Waals surface area (Å²) in [7, 11) is 0. The van der Waals surface area contributed by atoms with Gasteiger partial charge in [-0.3, -0.25) is 0 Å². The molecule has 0 amide bonds. The molecule has 0 aliphatic heterocycles. The number of benzene rings is 2. The Morgan fingerprint density at radius 3 is 2.28 bits per heavy atom. The van der Waals surface area contributed by atoms with Gasteiger partial charge in [0.1, 0.15) is 5.75 Å². The number of ether oxygens (including phenoxy) is 1. The van der Waals surface area contributed by atoms with Gasteiger partial charge in [0.05, 0.1) is 5.02 Å². The molecule has 0 saturated carbocycles. The van der Waals surface area contributed by atoms with Gasteiger partial charge in [-0.2, -0.15) is 0 Å². The highest BCUT2D eigenvalue weighted by Crippen LogP contribution is 2.33. The lowest BCUT2D eigenvalue weighted by Gasteiger charge is -2.10. The maximum absolute atomic E-state index is 13.7. The van der Waals surface area contributed by atoms with Crippen LogP contribution in [0.2, 0.25) is 5.02 Å². The fourth-order valence-corrected chi connectivity index (χ4v) is 1.92. The topological polar surface area (TPSA) is 9.23 Å². The van der Waals surface area contributed by atoms with Crippen LogP contribution in [0.1, 0.15) is 5.56 Å². The van der Waals surface area contributed by atoms with E-state index in [2.05, 4.69) is 15.9 Å². The monoisotopic (exact) mass is 332 g/mol. The molecule has 94 valence electrons. The van der Waals surface area contributed by atoms with Crippen LogP contribution in [-0.4, -0.2) is 0 Å². The van der Waals surface area contributed by atoms with Crippen LogP contribution in [0.3, 0.4) is 0 Å². The van der Waals surface area contributed by atoms with E-state index in [-0.39, 0.29) is 5.75 Å². The van der Waals surface area contributed by atoms with E-state index in [4.69, 9.17) is 16.3 Å². The highest BCUT2D eigenvalue weighted by molar-refractivity contribution is 9.08. The molecule has 0 fully saturated rings. The molecule has 0 bridgehead atoms. The minimum atomic E-state index is -0.760. The minimum Gasteiger partial charge on any atom is -0.450 e. The Balaban J connectivity index is 2.38. The lowest BCUT2D eigenvalue weighted by atomic mass is 10.2. The third-order valence-electron chi connectivity index (χ3n) is 2.26. The van der Waals surface area contributed by atoms with Gasteiger partial charge in [0.2, 0.25) is 0 Å². The molecule has 0 radical (unpaired) electrons. The average molecular weight is 334 g/mol. The number of halogens is 4. The minimum absolute atomic E-state index is 0.212. The van der Waals surface area contributed by atoms with Gasteiger partial charge in [0, 0.05) is 5.33 Å². The molecule has 0 aliphatic carbocycles. The second kappa shape index (κ2) is 5.67. The summed E-state index contributed by atoms with van der Waals surface area (Å²) in [5.41, 5.74) is 0.497. The van der Waals surface area contributed by atoms with Crippen LogP contribution in [0.4, 0.5) is 8.78 Å². The third-order valence-corrected chi connectivity index (χ3v) is 3.22. The highest BCUT2D eigenvalue weighted by Gasteiger charge is 2.14. The van der Waals surface area contributed by atoms with E-state index in [0.717, 1.165) is 0 Å². The van der Waals surface area contributed by atoms with E-state index >= 15 is 0 Å². The first-order valence-electron chi connectivity index (χ1n) is 5.08. The van der Waals surface area contributed by atoms with Crippen molar-refractivity contribution in [2.75, 3.05) is 0 Å². The summed E-state index contributed by atoms with van der Waals surface area (Å²) in [5.74, 6) is -1.76. The quantitative estimate of drug-likeness (QED) is 0.692. The van der Waals surface area contributed by atoms with Crippen LogP contribution in [0.25, 0.3) is 0 Å². The number of para-hydroxylation sites is 1. The second-order valence-corrected chi connectivity index (χ2v) is 4.52. The molecule has 0 heterocycles. The normalized spacial score (nSPS) is 10.4. The number of hydrogen-bond donors (Lipinski definition) is 0. The maximum Gasteiger partial charge on any atom is 0.198 e. The van der Waals surface area contributed by atoms with Gasteiger partial charge in [0.15, 0.2) is 17.4 Å². The van der Waals surface area contributed by atoms with Crippen molar-refractivity contribution in [3.05, 3.63) is 58.6 Å². The van der Waals surface area contributed by atoms with E-state index in [1.807, 2.05) is 0 Å². The number of alkyl halides is 1. The smallest absolute Gasteiger partial charge is 0.198 e. The van der Waals surface area contributed by atoms with Crippen LogP contribution in [0.5, 0.6) is 11.5 Å². The predicted octanol–water partition coefficient (Wildman–Crippen LogP) is 5.31.